The first kappa shape index (κ1) is 19.3. The van der Waals surface area contributed by atoms with Crippen molar-refractivity contribution in [2.45, 2.75) is 20.0 Å². The number of nitrogens with zero attached hydrogens (tertiary/aromatic N) is 1. The van der Waals surface area contributed by atoms with E-state index < -0.39 is 12.1 Å². The van der Waals surface area contributed by atoms with Gasteiger partial charge in [0.25, 0.3) is 5.91 Å². The number of para-hydroxylation sites is 1. The van der Waals surface area contributed by atoms with Crippen molar-refractivity contribution in [1.82, 2.24) is 0 Å². The van der Waals surface area contributed by atoms with E-state index in [1.165, 1.54) is 14.2 Å². The number of hydrogen-bond donors (Lipinski definition) is 0. The van der Waals surface area contributed by atoms with Gasteiger partial charge in [-0.2, -0.15) is 0 Å². The van der Waals surface area contributed by atoms with Crippen LogP contribution in [0, 0.1) is 0 Å². The lowest BCUT2D eigenvalue weighted by atomic mass is 10.1. The maximum absolute atomic E-state index is 12.7. The largest absolute Gasteiger partial charge is 0.496 e. The number of methoxy groups -OCH3 is 2. The first-order chi connectivity index (χ1) is 12.5. The molecule has 0 spiro atoms. The molecule has 0 aliphatic heterocycles. The topological polar surface area (TPSA) is 65.1 Å². The number of carbonyl (C=O) groups excluding carboxylic acids is 2. The van der Waals surface area contributed by atoms with E-state index in [2.05, 4.69) is 0 Å². The molecule has 2 aromatic rings. The van der Waals surface area contributed by atoms with Gasteiger partial charge >= 0.3 is 5.97 Å². The molecule has 26 heavy (non-hydrogen) atoms. The molecule has 0 saturated carbocycles. The van der Waals surface area contributed by atoms with Crippen LogP contribution in [0.3, 0.4) is 0 Å². The van der Waals surface area contributed by atoms with Gasteiger partial charge in [0.05, 0.1) is 14.2 Å². The summed E-state index contributed by atoms with van der Waals surface area (Å²) in [6.45, 7) is 3.87. The van der Waals surface area contributed by atoms with Gasteiger partial charge in [-0.3, -0.25) is 4.79 Å². The van der Waals surface area contributed by atoms with Crippen molar-refractivity contribution in [1.29, 1.82) is 0 Å². The minimum absolute atomic E-state index is 0.153. The molecular formula is C20H23NO5. The average Bonchev–Trinajstić information content (AvgIpc) is 2.68. The molecule has 2 rings (SSSR count). The van der Waals surface area contributed by atoms with Crippen molar-refractivity contribution in [2.24, 2.45) is 0 Å². The van der Waals surface area contributed by atoms with Crippen LogP contribution in [0.1, 0.15) is 24.2 Å². The number of carbonyl (C=O) groups is 2. The highest BCUT2D eigenvalue weighted by Crippen LogP contribution is 2.29. The number of rotatable bonds is 7. The van der Waals surface area contributed by atoms with Gasteiger partial charge in [-0.25, -0.2) is 4.79 Å². The second-order valence-electron chi connectivity index (χ2n) is 5.50. The van der Waals surface area contributed by atoms with Gasteiger partial charge in [-0.15, -0.1) is 0 Å². The zero-order valence-electron chi connectivity index (χ0n) is 15.4. The highest BCUT2D eigenvalue weighted by molar-refractivity contribution is 6.00. The van der Waals surface area contributed by atoms with Gasteiger partial charge < -0.3 is 19.1 Å². The van der Waals surface area contributed by atoms with E-state index in [1.54, 1.807) is 30.0 Å². The van der Waals surface area contributed by atoms with E-state index >= 15 is 0 Å². The van der Waals surface area contributed by atoms with Crippen LogP contribution >= 0.6 is 0 Å². The Balaban J connectivity index is 2.20. The Hall–Kier alpha value is -3.02. The van der Waals surface area contributed by atoms with E-state index in [1.807, 2.05) is 37.3 Å². The average molecular weight is 357 g/mol. The van der Waals surface area contributed by atoms with Crippen molar-refractivity contribution in [3.8, 4) is 11.5 Å². The molecule has 0 unspecified atom stereocenters. The van der Waals surface area contributed by atoms with E-state index in [0.717, 1.165) is 5.69 Å². The molecule has 1 atom stereocenters. The molecule has 0 aliphatic carbocycles. The van der Waals surface area contributed by atoms with E-state index in [0.29, 0.717) is 18.0 Å². The molecule has 0 saturated heterocycles. The summed E-state index contributed by atoms with van der Waals surface area (Å²) < 4.78 is 15.8. The molecule has 138 valence electrons. The number of amides is 1. The SMILES string of the molecule is CCN(C(=O)[C@@H](C)OC(=O)c1c(OC)cccc1OC)c1ccccc1. The van der Waals surface area contributed by atoms with Gasteiger partial charge in [-0.05, 0) is 38.1 Å². The molecule has 0 aliphatic rings. The van der Waals surface area contributed by atoms with Crippen LogP contribution < -0.4 is 14.4 Å². The van der Waals surface area contributed by atoms with Crippen molar-refractivity contribution >= 4 is 17.6 Å². The fourth-order valence-electron chi connectivity index (χ4n) is 2.62. The lowest BCUT2D eigenvalue weighted by Gasteiger charge is -2.24. The highest BCUT2D eigenvalue weighted by atomic mass is 16.6. The second-order valence-corrected chi connectivity index (χ2v) is 5.50. The molecule has 0 fully saturated rings. The maximum Gasteiger partial charge on any atom is 0.346 e. The Morgan fingerprint density at radius 1 is 0.962 bits per heavy atom. The lowest BCUT2D eigenvalue weighted by molar-refractivity contribution is -0.126. The number of benzene rings is 2. The fourth-order valence-corrected chi connectivity index (χ4v) is 2.62. The molecule has 6 heteroatoms. The molecule has 0 N–H and O–H groups in total. The summed E-state index contributed by atoms with van der Waals surface area (Å²) in [5, 5.41) is 0. The van der Waals surface area contributed by atoms with Crippen molar-refractivity contribution in [2.75, 3.05) is 25.7 Å². The third-order valence-electron chi connectivity index (χ3n) is 3.91. The minimum atomic E-state index is -0.961. The number of ether oxygens (including phenoxy) is 3. The van der Waals surface area contributed by atoms with Crippen LogP contribution in [-0.2, 0) is 9.53 Å². The minimum Gasteiger partial charge on any atom is -0.496 e. The van der Waals surface area contributed by atoms with Crippen molar-refractivity contribution in [3.05, 3.63) is 54.1 Å². The van der Waals surface area contributed by atoms with Crippen molar-refractivity contribution in [3.63, 3.8) is 0 Å². The summed E-state index contributed by atoms with van der Waals surface area (Å²) in [6.07, 6.45) is -0.961. The highest BCUT2D eigenvalue weighted by Gasteiger charge is 2.27. The molecule has 0 heterocycles. The Labute approximate surface area is 153 Å². The number of anilines is 1. The third-order valence-corrected chi connectivity index (χ3v) is 3.91. The summed E-state index contributed by atoms with van der Waals surface area (Å²) in [7, 11) is 2.91. The van der Waals surface area contributed by atoms with Crippen LogP contribution in [0.2, 0.25) is 0 Å². The van der Waals surface area contributed by atoms with Gasteiger partial charge in [0, 0.05) is 12.2 Å². The molecule has 2 aromatic carbocycles. The number of likely N-dealkylation sites (N-methyl/N-ethyl adjacent to an activating group) is 1. The van der Waals surface area contributed by atoms with Crippen LogP contribution in [0.15, 0.2) is 48.5 Å². The zero-order chi connectivity index (χ0) is 19.1. The molecule has 0 aromatic heterocycles. The Morgan fingerprint density at radius 2 is 1.54 bits per heavy atom. The van der Waals surface area contributed by atoms with Gasteiger partial charge in [0.15, 0.2) is 6.10 Å². The molecule has 0 bridgehead atoms. The zero-order valence-corrected chi connectivity index (χ0v) is 15.4. The maximum atomic E-state index is 12.7. The smallest absolute Gasteiger partial charge is 0.346 e. The van der Waals surface area contributed by atoms with Gasteiger partial charge in [0.1, 0.15) is 17.1 Å². The van der Waals surface area contributed by atoms with E-state index in [4.69, 9.17) is 14.2 Å². The van der Waals surface area contributed by atoms with Crippen molar-refractivity contribution < 1.29 is 23.8 Å². The third kappa shape index (κ3) is 4.14. The standard InChI is InChI=1S/C20H23NO5/c1-5-21(15-10-7-6-8-11-15)19(22)14(2)26-20(23)18-16(24-3)12-9-13-17(18)25-4/h6-14H,5H2,1-4H3/t14-/m1/s1. The Bertz CT molecular complexity index is 738. The molecule has 0 radical (unpaired) electrons. The number of hydrogen-bond acceptors (Lipinski definition) is 5. The number of esters is 1. The van der Waals surface area contributed by atoms with Crippen LogP contribution in [-0.4, -0.2) is 38.7 Å². The van der Waals surface area contributed by atoms with Crippen LogP contribution in [0.4, 0.5) is 5.69 Å². The molecular weight excluding hydrogens is 334 g/mol. The predicted molar refractivity (Wildman–Crippen MR) is 98.9 cm³/mol. The van der Waals surface area contributed by atoms with E-state index in [9.17, 15) is 9.59 Å². The van der Waals surface area contributed by atoms with Gasteiger partial charge in [0.2, 0.25) is 0 Å². The Morgan fingerprint density at radius 3 is 2.04 bits per heavy atom. The summed E-state index contributed by atoms with van der Waals surface area (Å²) >= 11 is 0. The summed E-state index contributed by atoms with van der Waals surface area (Å²) in [6, 6.07) is 14.2. The summed E-state index contributed by atoms with van der Waals surface area (Å²) in [5.41, 5.74) is 0.901. The second kappa shape index (κ2) is 8.89. The van der Waals surface area contributed by atoms with E-state index in [-0.39, 0.29) is 11.5 Å². The monoisotopic (exact) mass is 357 g/mol. The predicted octanol–water partition coefficient (Wildman–Crippen LogP) is 3.30. The first-order valence-electron chi connectivity index (χ1n) is 8.31. The van der Waals surface area contributed by atoms with Crippen LogP contribution in [0.25, 0.3) is 0 Å². The normalized spacial score (nSPS) is 11.4. The quantitative estimate of drug-likeness (QED) is 0.712. The first-order valence-corrected chi connectivity index (χ1v) is 8.31. The summed E-state index contributed by atoms with van der Waals surface area (Å²) in [5.74, 6) is -0.334. The molecule has 6 nitrogen and oxygen atoms in total. The fraction of sp³-hybridized carbons (Fsp3) is 0.300. The summed E-state index contributed by atoms with van der Waals surface area (Å²) in [4.78, 5) is 26.9. The lowest BCUT2D eigenvalue weighted by Crippen LogP contribution is -2.40. The Kier molecular flexibility index (Phi) is 6.60. The van der Waals surface area contributed by atoms with Crippen LogP contribution in [0.5, 0.6) is 11.5 Å². The van der Waals surface area contributed by atoms with Gasteiger partial charge in [-0.1, -0.05) is 24.3 Å². The molecule has 1 amide bonds.